The predicted molar refractivity (Wildman–Crippen MR) is 217 cm³/mol. The van der Waals surface area contributed by atoms with Gasteiger partial charge in [0.2, 0.25) is 5.91 Å². The molecule has 0 saturated carbocycles. The Labute approximate surface area is 364 Å². The molecule has 1 aliphatic heterocycles. The molecule has 0 fully saturated rings. The van der Waals surface area contributed by atoms with Crippen molar-refractivity contribution in [2.24, 2.45) is 0 Å². The predicted octanol–water partition coefficient (Wildman–Crippen LogP) is 2.93. The van der Waals surface area contributed by atoms with Crippen LogP contribution < -0.4 is 26.3 Å². The molecule has 1 heterocycles. The summed E-state index contributed by atoms with van der Waals surface area (Å²) in [5.74, 6) is -2.74. The van der Waals surface area contributed by atoms with E-state index in [-0.39, 0.29) is 62.4 Å². The Morgan fingerprint density at radius 3 is 1.87 bits per heavy atom. The second kappa shape index (κ2) is 22.8. The molecule has 0 saturated heterocycles. The highest BCUT2D eigenvalue weighted by molar-refractivity contribution is 7.86. The van der Waals surface area contributed by atoms with Crippen LogP contribution in [0.5, 0.6) is 5.75 Å². The quantitative estimate of drug-likeness (QED) is 0.0252. The van der Waals surface area contributed by atoms with Gasteiger partial charge in [-0.2, -0.15) is 0 Å². The summed E-state index contributed by atoms with van der Waals surface area (Å²) in [6.45, 7) is 5.14. The molecular weight excluding hydrogens is 901 g/mol. The van der Waals surface area contributed by atoms with Crippen LogP contribution in [-0.4, -0.2) is 103 Å². The molecule has 5 rings (SSSR count). The van der Waals surface area contributed by atoms with Crippen LogP contribution in [-0.2, 0) is 48.8 Å². The number of aromatic carboxylic acids is 1. The fourth-order valence-corrected chi connectivity index (χ4v) is 7.55. The van der Waals surface area contributed by atoms with Gasteiger partial charge in [-0.3, -0.25) is 15.0 Å². The van der Waals surface area contributed by atoms with Gasteiger partial charge in [0.25, 0.3) is 0 Å². The molecule has 1 aliphatic carbocycles. The van der Waals surface area contributed by atoms with E-state index < -0.39 is 64.4 Å². The van der Waals surface area contributed by atoms with Crippen molar-refractivity contribution in [2.45, 2.75) is 23.1 Å². The van der Waals surface area contributed by atoms with Crippen LogP contribution in [0.15, 0.2) is 80.9 Å². The highest BCUT2D eigenvalue weighted by Crippen LogP contribution is 2.45. The number of fused-ring (bicyclic) bond motifs is 2. The van der Waals surface area contributed by atoms with Gasteiger partial charge in [-0.25, -0.2) is 16.8 Å². The Morgan fingerprint density at radius 1 is 0.742 bits per heavy atom. The van der Waals surface area contributed by atoms with Crippen LogP contribution >= 0.6 is 23.2 Å². The lowest BCUT2D eigenvalue weighted by Gasteiger charge is -2.22. The van der Waals surface area contributed by atoms with Crippen LogP contribution in [0.3, 0.4) is 0 Å². The molecule has 3 aromatic rings. The lowest BCUT2D eigenvalue weighted by atomic mass is 9.90. The van der Waals surface area contributed by atoms with E-state index >= 15 is 0 Å². The van der Waals surface area contributed by atoms with Gasteiger partial charge in [0, 0.05) is 35.5 Å². The number of para-hydroxylation sites is 1. The number of ether oxygens (including phenoxy) is 5. The second-order valence-electron chi connectivity index (χ2n) is 12.6. The number of nitrogen functional groups attached to an aromatic ring is 1. The Kier molecular flexibility index (Phi) is 18.2. The summed E-state index contributed by atoms with van der Waals surface area (Å²) in [5.41, 5.74) is 3.87. The van der Waals surface area contributed by atoms with Gasteiger partial charge in [0.1, 0.15) is 30.0 Å². The zero-order chi connectivity index (χ0) is 45.6. The summed E-state index contributed by atoms with van der Waals surface area (Å²) < 4.78 is 104. The lowest BCUT2D eigenvalue weighted by molar-refractivity contribution is -0.255. The molecule has 62 heavy (non-hydrogen) atoms. The number of carbonyl (C=O) groups is 3. The fourth-order valence-electron chi connectivity index (χ4n) is 5.62. The maximum Gasteiger partial charge on any atom is 0.313 e. The van der Waals surface area contributed by atoms with Gasteiger partial charge in [-0.15, -0.1) is 0 Å². The summed E-state index contributed by atoms with van der Waals surface area (Å²) in [6, 6.07) is 14.8. The van der Waals surface area contributed by atoms with Gasteiger partial charge in [0.05, 0.1) is 86.3 Å². The van der Waals surface area contributed by atoms with Crippen molar-refractivity contribution >= 4 is 77.9 Å². The number of carboxylic acids is 1. The van der Waals surface area contributed by atoms with E-state index in [0.717, 1.165) is 12.1 Å². The minimum atomic E-state index is -5.33. The first kappa shape index (κ1) is 49.5. The van der Waals surface area contributed by atoms with Crippen molar-refractivity contribution in [3.63, 3.8) is 0 Å². The maximum atomic E-state index is 12.0. The smallest absolute Gasteiger partial charge is 0.313 e. The van der Waals surface area contributed by atoms with E-state index in [0.29, 0.717) is 52.8 Å². The number of rotatable bonds is 20. The van der Waals surface area contributed by atoms with Gasteiger partial charge in [-0.1, -0.05) is 53.5 Å². The van der Waals surface area contributed by atoms with Crippen molar-refractivity contribution in [3.8, 4) is 28.2 Å². The number of benzene rings is 4. The Bertz CT molecular complexity index is 2640. The minimum Gasteiger partial charge on any atom is -0.744 e. The lowest BCUT2D eigenvalue weighted by Crippen LogP contribution is -2.25. The molecule has 334 valence electrons. The van der Waals surface area contributed by atoms with Crippen LogP contribution in [0, 0.1) is 5.41 Å². The minimum absolute atomic E-state index is 0.0469. The van der Waals surface area contributed by atoms with E-state index in [1.54, 1.807) is 18.2 Å². The normalized spacial score (nSPS) is 11.6. The third-order valence-electron chi connectivity index (χ3n) is 8.24. The van der Waals surface area contributed by atoms with Crippen molar-refractivity contribution < 1.29 is 73.5 Å². The number of amides is 1. The third kappa shape index (κ3) is 13.6. The van der Waals surface area contributed by atoms with Crippen LogP contribution in [0.1, 0.15) is 23.7 Å². The van der Waals surface area contributed by atoms with Crippen molar-refractivity contribution in [1.82, 2.24) is 5.32 Å². The van der Waals surface area contributed by atoms with Gasteiger partial charge in [0.15, 0.2) is 17.1 Å². The second-order valence-corrected chi connectivity index (χ2v) is 16.1. The molecule has 0 spiro atoms. The molecule has 2 aliphatic rings. The van der Waals surface area contributed by atoms with Gasteiger partial charge >= 0.3 is 5.97 Å². The monoisotopic (exact) mass is 938 g/mol. The molecule has 23 heteroatoms. The summed E-state index contributed by atoms with van der Waals surface area (Å²) >= 11 is 11.9. The van der Waals surface area contributed by atoms with E-state index in [1.165, 1.54) is 43.3 Å². The fraction of sp³-hybridized carbons (Fsp3) is 0.282. The summed E-state index contributed by atoms with van der Waals surface area (Å²) in [7, 11) is -10.6. The number of halogens is 2. The number of hydrogen-bond acceptors (Lipinski definition) is 18. The van der Waals surface area contributed by atoms with Crippen molar-refractivity contribution in [3.05, 3.63) is 87.7 Å². The maximum absolute atomic E-state index is 12.0. The SMILES string of the molecule is CC(=O)NCCOCCOCCOCCOCCC(=O)Oc1c(Cl)cccc1Cl.N=c1ccc2c(-c3ccccc3C(=O)[O-])c3ccc(N)c(S(=O)(=O)[O-])c3oc-2c1S(=O)(=O)[O-]. The first-order chi connectivity index (χ1) is 29.3. The number of esters is 1. The Hall–Kier alpha value is -5.20. The highest BCUT2D eigenvalue weighted by atomic mass is 35.5. The molecule has 0 radical (unpaired) electrons. The zero-order valence-corrected chi connectivity index (χ0v) is 35.7. The molecule has 0 unspecified atom stereocenters. The van der Waals surface area contributed by atoms with Crippen LogP contribution in [0.2, 0.25) is 10.0 Å². The largest absolute Gasteiger partial charge is 0.744 e. The summed E-state index contributed by atoms with van der Waals surface area (Å²) in [5, 5.41) is 22.0. The van der Waals surface area contributed by atoms with Gasteiger partial charge < -0.3 is 58.2 Å². The molecule has 3 aromatic carbocycles. The van der Waals surface area contributed by atoms with E-state index in [9.17, 15) is 45.4 Å². The number of nitrogens with one attached hydrogen (secondary N) is 2. The molecule has 19 nitrogen and oxygen atoms in total. The average molecular weight is 940 g/mol. The molecule has 4 N–H and O–H groups in total. The molecule has 1 amide bonds. The summed E-state index contributed by atoms with van der Waals surface area (Å²) in [6.07, 6.45) is 0.0760. The van der Waals surface area contributed by atoms with E-state index in [2.05, 4.69) is 5.32 Å². The number of carboxylic acid groups (broad SMARTS) is 1. The average Bonchev–Trinajstić information content (AvgIpc) is 3.19. The first-order valence-electron chi connectivity index (χ1n) is 18.1. The Morgan fingerprint density at radius 2 is 1.31 bits per heavy atom. The van der Waals surface area contributed by atoms with E-state index in [4.69, 9.17) is 62.4 Å². The Balaban J connectivity index is 0.000000276. The highest BCUT2D eigenvalue weighted by Gasteiger charge is 2.28. The molecule has 0 atom stereocenters. The molecular formula is C39H38Cl2N3O16S2-3. The van der Waals surface area contributed by atoms with Crippen molar-refractivity contribution in [2.75, 3.05) is 65.1 Å². The zero-order valence-electron chi connectivity index (χ0n) is 32.6. The van der Waals surface area contributed by atoms with E-state index in [1.807, 2.05) is 0 Å². The van der Waals surface area contributed by atoms with Crippen molar-refractivity contribution in [1.29, 1.82) is 5.41 Å². The summed E-state index contributed by atoms with van der Waals surface area (Å²) in [4.78, 5) is 32.0. The number of carbonyl (C=O) groups excluding carboxylic acids is 3. The van der Waals surface area contributed by atoms with Crippen LogP contribution in [0.4, 0.5) is 5.69 Å². The number of anilines is 1. The topological polar surface area (TPSA) is 310 Å². The standard InChI is InChI=1S/C20H14N2O9S2.C19H27Cl2NO7/c21-13-7-5-11-15(9-3-1-2-4-10(9)20(23)24)12-6-8-14(22)19(33(28,29)30)17(12)31-16(11)18(13)32(25,26)27;1-15(23)22-6-8-26-10-12-28-14-13-27-11-9-25-7-5-18(24)29-19-16(20)3-2-4-17(19)21/h1-8,21H,22H2,(H,23,24)(H,25,26,27)(H,28,29,30);2-4H,5-14H2,1H3,(H,22,23)/p-3. The molecule has 0 aromatic heterocycles. The third-order valence-corrected chi connectivity index (χ3v) is 10.7. The van der Waals surface area contributed by atoms with Gasteiger partial charge in [-0.05, 0) is 42.0 Å². The molecule has 0 bridgehead atoms. The number of nitrogens with two attached hydrogens (primary N) is 1. The first-order valence-corrected chi connectivity index (χ1v) is 21.7. The number of hydrogen-bond donors (Lipinski definition) is 3. The van der Waals surface area contributed by atoms with Crippen LogP contribution in [0.25, 0.3) is 33.4 Å².